The fourth-order valence-corrected chi connectivity index (χ4v) is 1.98. The molecule has 6 nitrogen and oxygen atoms in total. The van der Waals surface area contributed by atoms with E-state index in [-0.39, 0.29) is 5.84 Å². The fraction of sp³-hybridized carbons (Fsp3) is 0.500. The Hall–Kier alpha value is -1.66. The number of hydrogen-bond acceptors (Lipinski definition) is 5. The second-order valence-corrected chi connectivity index (χ2v) is 4.72. The normalized spacial score (nSPS) is 18.4. The number of nitrogens with one attached hydrogen (secondary N) is 1. The molecule has 0 spiro atoms. The van der Waals surface area contributed by atoms with E-state index in [1.165, 1.54) is 0 Å². The van der Waals surface area contributed by atoms with Crippen molar-refractivity contribution in [2.75, 3.05) is 6.54 Å². The van der Waals surface area contributed by atoms with Crippen LogP contribution in [0, 0.1) is 0 Å². The highest BCUT2D eigenvalue weighted by atomic mass is 16.4. The Kier molecular flexibility index (Phi) is 3.78. The molecule has 2 rings (SSSR count). The highest BCUT2D eigenvalue weighted by Crippen LogP contribution is 2.30. The van der Waals surface area contributed by atoms with Gasteiger partial charge in [0, 0.05) is 19.3 Å². The molecule has 1 fully saturated rings. The molecule has 1 aliphatic rings. The van der Waals surface area contributed by atoms with E-state index in [9.17, 15) is 5.11 Å². The van der Waals surface area contributed by atoms with E-state index >= 15 is 0 Å². The van der Waals surface area contributed by atoms with Gasteiger partial charge < -0.3 is 21.4 Å². The van der Waals surface area contributed by atoms with Crippen LogP contribution in [0.1, 0.15) is 30.5 Å². The topological polar surface area (TPSA) is 104 Å². The Morgan fingerprint density at radius 3 is 2.94 bits per heavy atom. The van der Waals surface area contributed by atoms with Crippen LogP contribution in [0.2, 0.25) is 0 Å². The molecular weight excluding hydrogens is 232 g/mol. The molecule has 1 aromatic rings. The van der Waals surface area contributed by atoms with Gasteiger partial charge >= 0.3 is 0 Å². The largest absolute Gasteiger partial charge is 0.409 e. The standard InChI is InChI=1S/C12H18N4O2/c13-11(16-18)10-6-9(2-5-15-10)7-14-8-12(17)3-1-4-12/h2,5-6,14,17-18H,1,3-4,7-8H2,(H2,13,16). The maximum absolute atomic E-state index is 9.92. The van der Waals surface area contributed by atoms with Crippen molar-refractivity contribution in [2.45, 2.75) is 31.4 Å². The zero-order valence-electron chi connectivity index (χ0n) is 10.1. The zero-order valence-corrected chi connectivity index (χ0v) is 10.1. The van der Waals surface area contributed by atoms with Crippen LogP contribution in [0.3, 0.4) is 0 Å². The minimum atomic E-state index is -0.526. The molecule has 6 heteroatoms. The van der Waals surface area contributed by atoms with Gasteiger partial charge in [-0.15, -0.1) is 0 Å². The summed E-state index contributed by atoms with van der Waals surface area (Å²) >= 11 is 0. The van der Waals surface area contributed by atoms with Gasteiger partial charge in [-0.3, -0.25) is 4.98 Å². The molecule has 0 saturated heterocycles. The molecule has 0 atom stereocenters. The maximum atomic E-state index is 9.92. The van der Waals surface area contributed by atoms with Gasteiger partial charge in [-0.2, -0.15) is 0 Å². The third-order valence-electron chi connectivity index (χ3n) is 3.26. The van der Waals surface area contributed by atoms with Crippen molar-refractivity contribution in [3.8, 4) is 0 Å². The van der Waals surface area contributed by atoms with Gasteiger partial charge in [0.15, 0.2) is 5.84 Å². The third kappa shape index (κ3) is 2.96. The number of nitrogens with two attached hydrogens (primary N) is 1. The van der Waals surface area contributed by atoms with Crippen molar-refractivity contribution in [1.82, 2.24) is 10.3 Å². The Balaban J connectivity index is 1.89. The zero-order chi connectivity index (χ0) is 13.0. The van der Waals surface area contributed by atoms with Crippen molar-refractivity contribution in [3.05, 3.63) is 29.6 Å². The Bertz CT molecular complexity index is 443. The molecule has 98 valence electrons. The molecule has 0 bridgehead atoms. The van der Waals surface area contributed by atoms with Crippen molar-refractivity contribution >= 4 is 5.84 Å². The summed E-state index contributed by atoms with van der Waals surface area (Å²) in [5.41, 5.74) is 6.37. The first-order valence-electron chi connectivity index (χ1n) is 5.99. The predicted octanol–water partition coefficient (Wildman–Crippen LogP) is 0.181. The van der Waals surface area contributed by atoms with Crippen LogP contribution >= 0.6 is 0 Å². The van der Waals surface area contributed by atoms with Crippen LogP contribution in [0.15, 0.2) is 23.5 Å². The number of pyridine rings is 1. The fourth-order valence-electron chi connectivity index (χ4n) is 1.98. The van der Waals surface area contributed by atoms with Crippen LogP contribution in [0.5, 0.6) is 0 Å². The number of rotatable bonds is 5. The number of amidine groups is 1. The molecule has 0 unspecified atom stereocenters. The molecule has 0 aliphatic heterocycles. The molecule has 0 aromatic carbocycles. The van der Waals surface area contributed by atoms with Crippen molar-refractivity contribution < 1.29 is 10.3 Å². The van der Waals surface area contributed by atoms with E-state index in [0.717, 1.165) is 24.8 Å². The van der Waals surface area contributed by atoms with Gasteiger partial charge in [-0.1, -0.05) is 5.16 Å². The van der Waals surface area contributed by atoms with Crippen LogP contribution in [-0.2, 0) is 6.54 Å². The van der Waals surface area contributed by atoms with Crippen LogP contribution < -0.4 is 11.1 Å². The first-order valence-corrected chi connectivity index (χ1v) is 5.99. The Labute approximate surface area is 106 Å². The molecular formula is C12H18N4O2. The summed E-state index contributed by atoms with van der Waals surface area (Å²) < 4.78 is 0. The van der Waals surface area contributed by atoms with Crippen molar-refractivity contribution in [1.29, 1.82) is 0 Å². The summed E-state index contributed by atoms with van der Waals surface area (Å²) in [5, 5.41) is 24.6. The highest BCUT2D eigenvalue weighted by molar-refractivity contribution is 5.95. The molecule has 1 aromatic heterocycles. The predicted molar refractivity (Wildman–Crippen MR) is 67.3 cm³/mol. The van der Waals surface area contributed by atoms with Gasteiger partial charge in [-0.05, 0) is 37.0 Å². The quantitative estimate of drug-likeness (QED) is 0.258. The average molecular weight is 250 g/mol. The van der Waals surface area contributed by atoms with Crippen LogP contribution in [0.4, 0.5) is 0 Å². The second-order valence-electron chi connectivity index (χ2n) is 4.72. The Morgan fingerprint density at radius 2 is 2.33 bits per heavy atom. The minimum absolute atomic E-state index is 0.00512. The summed E-state index contributed by atoms with van der Waals surface area (Å²) in [7, 11) is 0. The second kappa shape index (κ2) is 5.32. The third-order valence-corrected chi connectivity index (χ3v) is 3.26. The van der Waals surface area contributed by atoms with E-state index in [1.807, 2.05) is 6.07 Å². The Morgan fingerprint density at radius 1 is 1.56 bits per heavy atom. The van der Waals surface area contributed by atoms with Gasteiger partial charge in [0.2, 0.25) is 0 Å². The maximum Gasteiger partial charge on any atom is 0.188 e. The van der Waals surface area contributed by atoms with Gasteiger partial charge in [0.25, 0.3) is 0 Å². The average Bonchev–Trinajstić information content (AvgIpc) is 2.36. The number of oxime groups is 1. The molecule has 1 heterocycles. The summed E-state index contributed by atoms with van der Waals surface area (Å²) in [6, 6.07) is 3.61. The molecule has 1 aliphatic carbocycles. The summed E-state index contributed by atoms with van der Waals surface area (Å²) in [5.74, 6) is -0.00512. The van der Waals surface area contributed by atoms with Gasteiger partial charge in [0.05, 0.1) is 5.60 Å². The van der Waals surface area contributed by atoms with E-state index in [4.69, 9.17) is 10.9 Å². The van der Waals surface area contributed by atoms with E-state index in [0.29, 0.717) is 18.8 Å². The summed E-state index contributed by atoms with van der Waals surface area (Å²) in [6.07, 6.45) is 4.45. The lowest BCUT2D eigenvalue weighted by Gasteiger charge is -2.36. The highest BCUT2D eigenvalue weighted by Gasteiger charge is 2.33. The van der Waals surface area contributed by atoms with E-state index < -0.39 is 5.60 Å². The van der Waals surface area contributed by atoms with Gasteiger partial charge in [-0.25, -0.2) is 0 Å². The number of nitrogens with zero attached hydrogens (tertiary/aromatic N) is 2. The molecule has 0 radical (unpaired) electrons. The first-order chi connectivity index (χ1) is 8.63. The number of hydrogen-bond donors (Lipinski definition) is 4. The molecule has 0 amide bonds. The lowest BCUT2D eigenvalue weighted by atomic mass is 9.80. The van der Waals surface area contributed by atoms with E-state index in [1.54, 1.807) is 12.3 Å². The molecule has 18 heavy (non-hydrogen) atoms. The number of aliphatic hydroxyl groups is 1. The van der Waals surface area contributed by atoms with Gasteiger partial charge in [0.1, 0.15) is 5.69 Å². The molecule has 1 saturated carbocycles. The lowest BCUT2D eigenvalue weighted by Crippen LogP contribution is -2.45. The van der Waals surface area contributed by atoms with Crippen molar-refractivity contribution in [3.63, 3.8) is 0 Å². The summed E-state index contributed by atoms with van der Waals surface area (Å²) in [4.78, 5) is 4.00. The lowest BCUT2D eigenvalue weighted by molar-refractivity contribution is -0.0314. The van der Waals surface area contributed by atoms with E-state index in [2.05, 4.69) is 15.5 Å². The van der Waals surface area contributed by atoms with Crippen LogP contribution in [0.25, 0.3) is 0 Å². The van der Waals surface area contributed by atoms with Crippen molar-refractivity contribution in [2.24, 2.45) is 10.9 Å². The van der Waals surface area contributed by atoms with Crippen LogP contribution in [-0.4, -0.2) is 33.3 Å². The SMILES string of the molecule is N/C(=N/O)c1cc(CNCC2(O)CCC2)ccn1. The first kappa shape index (κ1) is 12.8. The smallest absolute Gasteiger partial charge is 0.188 e. The monoisotopic (exact) mass is 250 g/mol. The summed E-state index contributed by atoms with van der Waals surface area (Å²) in [6.45, 7) is 1.21. The minimum Gasteiger partial charge on any atom is -0.409 e. The number of aromatic nitrogens is 1. The molecule has 5 N–H and O–H groups in total.